The Bertz CT molecular complexity index is 1020. The van der Waals surface area contributed by atoms with Crippen molar-refractivity contribution >= 4 is 35.6 Å². The van der Waals surface area contributed by atoms with Crippen molar-refractivity contribution < 1.29 is 0 Å². The van der Waals surface area contributed by atoms with Crippen LogP contribution in [-0.4, -0.2) is 16.5 Å². The van der Waals surface area contributed by atoms with Crippen molar-refractivity contribution in [3.63, 3.8) is 0 Å². The molecule has 0 aliphatic carbocycles. The van der Waals surface area contributed by atoms with Crippen LogP contribution >= 0.6 is 24.0 Å². The Morgan fingerprint density at radius 3 is 2.68 bits per heavy atom. The van der Waals surface area contributed by atoms with Crippen LogP contribution in [0.3, 0.4) is 0 Å². The molecule has 1 aromatic heterocycles. The van der Waals surface area contributed by atoms with Crippen LogP contribution in [0, 0.1) is 13.8 Å². The number of nitrogens with two attached hydrogens (primary N) is 1. The minimum atomic E-state index is 0. The van der Waals surface area contributed by atoms with Crippen molar-refractivity contribution in [2.45, 2.75) is 33.2 Å². The molecule has 28 heavy (non-hydrogen) atoms. The lowest BCUT2D eigenvalue weighted by atomic mass is 9.93. The molecule has 1 aliphatic rings. The van der Waals surface area contributed by atoms with Gasteiger partial charge in [-0.25, -0.2) is 9.97 Å². The summed E-state index contributed by atoms with van der Waals surface area (Å²) in [6.07, 6.45) is 0.933. The average molecular weight is 415 g/mol. The highest BCUT2D eigenvalue weighted by molar-refractivity contribution is 6.30. The van der Waals surface area contributed by atoms with Gasteiger partial charge in [0.25, 0.3) is 0 Å². The standard InChI is InChI=1S/C22H23ClN4.ClH/c1-13-5-4-6-18(14(13)2)22-25-20(24)12-21(26-22)27-10-9-16-11-17(23)7-8-19(16)15(27)3;/h4-8,11-12,15H,9-10H2,1-3H3,(H2,24,25,26);1H. The van der Waals surface area contributed by atoms with Gasteiger partial charge in [0.15, 0.2) is 5.82 Å². The number of nitrogen functional groups attached to an aromatic ring is 1. The lowest BCUT2D eigenvalue weighted by molar-refractivity contribution is 0.617. The van der Waals surface area contributed by atoms with Crippen LogP contribution in [0.1, 0.15) is 35.2 Å². The number of anilines is 2. The first-order chi connectivity index (χ1) is 12.9. The highest BCUT2D eigenvalue weighted by atomic mass is 35.5. The Balaban J connectivity index is 0.00000225. The summed E-state index contributed by atoms with van der Waals surface area (Å²) in [5, 5.41) is 0.790. The smallest absolute Gasteiger partial charge is 0.164 e. The molecule has 6 heteroatoms. The predicted molar refractivity (Wildman–Crippen MR) is 120 cm³/mol. The minimum absolute atomic E-state index is 0. The van der Waals surface area contributed by atoms with E-state index >= 15 is 0 Å². The Kier molecular flexibility index (Phi) is 5.82. The summed E-state index contributed by atoms with van der Waals surface area (Å²) in [5.74, 6) is 2.04. The zero-order valence-electron chi connectivity index (χ0n) is 16.2. The van der Waals surface area contributed by atoms with E-state index in [0.29, 0.717) is 11.6 Å². The summed E-state index contributed by atoms with van der Waals surface area (Å²) in [4.78, 5) is 11.7. The summed E-state index contributed by atoms with van der Waals surface area (Å²) in [7, 11) is 0. The van der Waals surface area contributed by atoms with Crippen LogP contribution in [0.4, 0.5) is 11.6 Å². The van der Waals surface area contributed by atoms with E-state index in [-0.39, 0.29) is 18.4 Å². The first kappa shape index (κ1) is 20.4. The van der Waals surface area contributed by atoms with Crippen molar-refractivity contribution in [1.29, 1.82) is 0 Å². The van der Waals surface area contributed by atoms with E-state index in [0.717, 1.165) is 29.4 Å². The molecule has 0 spiro atoms. The summed E-state index contributed by atoms with van der Waals surface area (Å²) in [6, 6.07) is 14.4. The Morgan fingerprint density at radius 1 is 1.11 bits per heavy atom. The maximum Gasteiger partial charge on any atom is 0.164 e. The fourth-order valence-electron chi connectivity index (χ4n) is 3.83. The molecule has 4 rings (SSSR count). The number of aromatic nitrogens is 2. The quantitative estimate of drug-likeness (QED) is 0.597. The first-order valence-electron chi connectivity index (χ1n) is 9.20. The fraction of sp³-hybridized carbons (Fsp3) is 0.273. The number of fused-ring (bicyclic) bond motifs is 1. The van der Waals surface area contributed by atoms with Gasteiger partial charge in [0.2, 0.25) is 0 Å². The number of nitrogens with zero attached hydrogens (tertiary/aromatic N) is 3. The molecule has 0 saturated heterocycles. The van der Waals surface area contributed by atoms with Crippen molar-refractivity contribution in [3.8, 4) is 11.4 Å². The lowest BCUT2D eigenvalue weighted by Crippen LogP contribution is -2.34. The Labute approximate surface area is 177 Å². The lowest BCUT2D eigenvalue weighted by Gasteiger charge is -2.36. The predicted octanol–water partition coefficient (Wildman–Crippen LogP) is 5.54. The normalized spacial score (nSPS) is 15.7. The molecule has 0 bridgehead atoms. The molecule has 0 saturated carbocycles. The van der Waals surface area contributed by atoms with Gasteiger partial charge in [0.1, 0.15) is 11.6 Å². The van der Waals surface area contributed by atoms with Crippen LogP contribution in [0.2, 0.25) is 5.02 Å². The van der Waals surface area contributed by atoms with Gasteiger partial charge in [-0.15, -0.1) is 12.4 Å². The minimum Gasteiger partial charge on any atom is -0.384 e. The molecule has 0 amide bonds. The van der Waals surface area contributed by atoms with Crippen molar-refractivity contribution in [3.05, 3.63) is 69.7 Å². The molecule has 2 aromatic carbocycles. The molecule has 0 fully saturated rings. The van der Waals surface area contributed by atoms with Crippen molar-refractivity contribution in [1.82, 2.24) is 9.97 Å². The summed E-state index contributed by atoms with van der Waals surface area (Å²) >= 11 is 6.16. The van der Waals surface area contributed by atoms with Gasteiger partial charge in [-0.2, -0.15) is 0 Å². The van der Waals surface area contributed by atoms with Gasteiger partial charge in [0.05, 0.1) is 6.04 Å². The van der Waals surface area contributed by atoms with E-state index in [9.17, 15) is 0 Å². The maximum atomic E-state index is 6.16. The summed E-state index contributed by atoms with van der Waals surface area (Å²) in [5.41, 5.74) is 12.2. The molecule has 1 atom stereocenters. The zero-order chi connectivity index (χ0) is 19.1. The number of hydrogen-bond acceptors (Lipinski definition) is 4. The molecule has 1 unspecified atom stereocenters. The molecule has 0 radical (unpaired) electrons. The van der Waals surface area contributed by atoms with Crippen LogP contribution in [0.5, 0.6) is 0 Å². The number of rotatable bonds is 2. The van der Waals surface area contributed by atoms with Gasteiger partial charge in [-0.05, 0) is 61.6 Å². The highest BCUT2D eigenvalue weighted by Crippen LogP contribution is 2.35. The highest BCUT2D eigenvalue weighted by Gasteiger charge is 2.26. The second-order valence-corrected chi connectivity index (χ2v) is 7.62. The van der Waals surface area contributed by atoms with Crippen LogP contribution in [-0.2, 0) is 6.42 Å². The third-order valence-electron chi connectivity index (χ3n) is 5.52. The van der Waals surface area contributed by atoms with Crippen molar-refractivity contribution in [2.75, 3.05) is 17.2 Å². The zero-order valence-corrected chi connectivity index (χ0v) is 17.8. The van der Waals surface area contributed by atoms with Gasteiger partial charge >= 0.3 is 0 Å². The molecule has 2 N–H and O–H groups in total. The van der Waals surface area contributed by atoms with E-state index in [4.69, 9.17) is 22.3 Å². The molecule has 4 nitrogen and oxygen atoms in total. The number of benzene rings is 2. The SMILES string of the molecule is Cc1cccc(-c2nc(N)cc(N3CCc4cc(Cl)ccc4C3C)n2)c1C.Cl. The van der Waals surface area contributed by atoms with E-state index < -0.39 is 0 Å². The van der Waals surface area contributed by atoms with E-state index in [1.165, 1.54) is 22.3 Å². The van der Waals surface area contributed by atoms with Crippen LogP contribution in [0.15, 0.2) is 42.5 Å². The second-order valence-electron chi connectivity index (χ2n) is 7.18. The topological polar surface area (TPSA) is 55.0 Å². The van der Waals surface area contributed by atoms with Crippen LogP contribution in [0.25, 0.3) is 11.4 Å². The molecule has 3 aromatic rings. The van der Waals surface area contributed by atoms with Crippen LogP contribution < -0.4 is 10.6 Å². The molecular weight excluding hydrogens is 391 g/mol. The molecule has 146 valence electrons. The molecular formula is C22H24Cl2N4. The van der Waals surface area contributed by atoms with Gasteiger partial charge in [-0.3, -0.25) is 0 Å². The maximum absolute atomic E-state index is 6.16. The fourth-order valence-corrected chi connectivity index (χ4v) is 4.02. The van der Waals surface area contributed by atoms with Gasteiger partial charge in [-0.1, -0.05) is 35.9 Å². The Morgan fingerprint density at radius 2 is 1.89 bits per heavy atom. The number of aryl methyl sites for hydroxylation is 1. The van der Waals surface area contributed by atoms with Crippen molar-refractivity contribution in [2.24, 2.45) is 0 Å². The van der Waals surface area contributed by atoms with E-state index in [1.807, 2.05) is 18.2 Å². The summed E-state index contributed by atoms with van der Waals surface area (Å²) in [6.45, 7) is 7.26. The van der Waals surface area contributed by atoms with Gasteiger partial charge in [0, 0.05) is 23.2 Å². The number of hydrogen-bond donors (Lipinski definition) is 1. The third-order valence-corrected chi connectivity index (χ3v) is 5.75. The molecule has 1 aliphatic heterocycles. The van der Waals surface area contributed by atoms with E-state index in [1.54, 1.807) is 0 Å². The first-order valence-corrected chi connectivity index (χ1v) is 9.58. The average Bonchev–Trinajstić information content (AvgIpc) is 2.63. The Hall–Kier alpha value is -2.30. The second kappa shape index (κ2) is 7.98. The van der Waals surface area contributed by atoms with Gasteiger partial charge < -0.3 is 10.6 Å². The number of halogens is 2. The largest absolute Gasteiger partial charge is 0.384 e. The third kappa shape index (κ3) is 3.67. The monoisotopic (exact) mass is 414 g/mol. The van der Waals surface area contributed by atoms with E-state index in [2.05, 4.69) is 54.9 Å². The summed E-state index contributed by atoms with van der Waals surface area (Å²) < 4.78 is 0. The molecule has 2 heterocycles.